The number of nitrogens with one attached hydrogen (secondary N) is 1. The van der Waals surface area contributed by atoms with Crippen LogP contribution >= 0.6 is 11.6 Å². The number of carbonyl (C=O) groups is 1. The van der Waals surface area contributed by atoms with Crippen molar-refractivity contribution in [3.8, 4) is 11.3 Å². The molecule has 0 saturated carbocycles. The number of aromatic nitrogens is 2. The highest BCUT2D eigenvalue weighted by Crippen LogP contribution is 2.38. The molecule has 4 rings (SSSR count). The lowest BCUT2D eigenvalue weighted by molar-refractivity contribution is 0.0688. The third-order valence-electron chi connectivity index (χ3n) is 4.79. The number of hydrogen-bond acceptors (Lipinski definition) is 2. The fraction of sp³-hybridized carbons (Fsp3) is 0.222. The largest absolute Gasteiger partial charge is 0.359 e. The number of amides is 1. The van der Waals surface area contributed by atoms with E-state index in [2.05, 4.69) is 4.98 Å². The molecule has 1 aliphatic rings. The van der Waals surface area contributed by atoms with E-state index < -0.39 is 5.54 Å². The molecule has 116 valence electrons. The Bertz CT molecular complexity index is 958. The zero-order valence-electron chi connectivity index (χ0n) is 13.1. The van der Waals surface area contributed by atoms with Gasteiger partial charge in [-0.2, -0.15) is 0 Å². The standard InChI is InChI=1S/C18H16ClN3O/c1-18(2)16-11(17(23)22(18)3)7-8-14(21-16)12-9-20-15-10(12)5-4-6-13(15)19/h4-9,20H,1-3H3. The van der Waals surface area contributed by atoms with Crippen LogP contribution in [0.1, 0.15) is 29.9 Å². The molecular weight excluding hydrogens is 310 g/mol. The van der Waals surface area contributed by atoms with Gasteiger partial charge in [-0.1, -0.05) is 23.7 Å². The molecule has 0 bridgehead atoms. The Kier molecular flexibility index (Phi) is 2.85. The van der Waals surface area contributed by atoms with Gasteiger partial charge in [0, 0.05) is 24.2 Å². The van der Waals surface area contributed by atoms with Crippen LogP contribution in [0.3, 0.4) is 0 Å². The van der Waals surface area contributed by atoms with Crippen molar-refractivity contribution in [1.82, 2.24) is 14.9 Å². The molecular formula is C18H16ClN3O. The van der Waals surface area contributed by atoms with Gasteiger partial charge in [0.25, 0.3) is 5.91 Å². The summed E-state index contributed by atoms with van der Waals surface area (Å²) in [5.74, 6) is 0.0195. The fourth-order valence-electron chi connectivity index (χ4n) is 3.17. The second-order valence-electron chi connectivity index (χ2n) is 6.38. The van der Waals surface area contributed by atoms with Crippen molar-refractivity contribution in [2.75, 3.05) is 7.05 Å². The van der Waals surface area contributed by atoms with Crippen LogP contribution in [0, 0.1) is 0 Å². The molecule has 0 spiro atoms. The van der Waals surface area contributed by atoms with Crippen LogP contribution in [0.5, 0.6) is 0 Å². The molecule has 4 nitrogen and oxygen atoms in total. The number of aromatic amines is 1. The van der Waals surface area contributed by atoms with E-state index in [1.165, 1.54) is 0 Å². The number of pyridine rings is 1. The van der Waals surface area contributed by atoms with Crippen LogP contribution in [0.4, 0.5) is 0 Å². The van der Waals surface area contributed by atoms with Crippen LogP contribution in [0.2, 0.25) is 5.02 Å². The number of nitrogens with zero attached hydrogens (tertiary/aromatic N) is 2. The minimum absolute atomic E-state index is 0.0195. The van der Waals surface area contributed by atoms with Gasteiger partial charge in [0.1, 0.15) is 0 Å². The van der Waals surface area contributed by atoms with Gasteiger partial charge in [-0.05, 0) is 32.0 Å². The molecule has 3 heterocycles. The van der Waals surface area contributed by atoms with Crippen LogP contribution < -0.4 is 0 Å². The Hall–Kier alpha value is -2.33. The number of para-hydroxylation sites is 1. The number of rotatable bonds is 1. The molecule has 1 N–H and O–H groups in total. The normalized spacial score (nSPS) is 16.2. The summed E-state index contributed by atoms with van der Waals surface area (Å²) in [4.78, 5) is 22.1. The average molecular weight is 326 g/mol. The molecule has 1 aliphatic heterocycles. The van der Waals surface area contributed by atoms with E-state index in [-0.39, 0.29) is 5.91 Å². The second-order valence-corrected chi connectivity index (χ2v) is 6.79. The predicted octanol–water partition coefficient (Wildman–Crippen LogP) is 4.20. The zero-order valence-corrected chi connectivity index (χ0v) is 13.9. The summed E-state index contributed by atoms with van der Waals surface area (Å²) in [6.07, 6.45) is 1.92. The first-order valence-electron chi connectivity index (χ1n) is 7.47. The second kappa shape index (κ2) is 4.59. The quantitative estimate of drug-likeness (QED) is 0.728. The first-order valence-corrected chi connectivity index (χ1v) is 7.84. The minimum Gasteiger partial charge on any atom is -0.359 e. The highest BCUT2D eigenvalue weighted by atomic mass is 35.5. The fourth-order valence-corrected chi connectivity index (χ4v) is 3.40. The Labute approximate surface area is 139 Å². The summed E-state index contributed by atoms with van der Waals surface area (Å²) in [5, 5.41) is 1.71. The summed E-state index contributed by atoms with van der Waals surface area (Å²) < 4.78 is 0. The summed E-state index contributed by atoms with van der Waals surface area (Å²) >= 11 is 6.23. The molecule has 2 aromatic heterocycles. The topological polar surface area (TPSA) is 49.0 Å². The third kappa shape index (κ3) is 1.85. The molecule has 23 heavy (non-hydrogen) atoms. The van der Waals surface area contributed by atoms with E-state index in [0.717, 1.165) is 27.9 Å². The van der Waals surface area contributed by atoms with E-state index >= 15 is 0 Å². The summed E-state index contributed by atoms with van der Waals surface area (Å²) in [7, 11) is 1.81. The van der Waals surface area contributed by atoms with Crippen molar-refractivity contribution in [2.45, 2.75) is 19.4 Å². The summed E-state index contributed by atoms with van der Waals surface area (Å²) in [5.41, 5.74) is 3.82. The maximum absolute atomic E-state index is 12.3. The van der Waals surface area contributed by atoms with E-state index in [4.69, 9.17) is 16.6 Å². The zero-order chi connectivity index (χ0) is 16.4. The molecule has 0 aliphatic carbocycles. The van der Waals surface area contributed by atoms with Crippen molar-refractivity contribution in [2.24, 2.45) is 0 Å². The van der Waals surface area contributed by atoms with Gasteiger partial charge in [-0.15, -0.1) is 0 Å². The highest BCUT2D eigenvalue weighted by molar-refractivity contribution is 6.35. The van der Waals surface area contributed by atoms with E-state index in [1.54, 1.807) is 4.90 Å². The summed E-state index contributed by atoms with van der Waals surface area (Å²) in [6.45, 7) is 4.03. The predicted molar refractivity (Wildman–Crippen MR) is 91.7 cm³/mol. The smallest absolute Gasteiger partial charge is 0.256 e. The SMILES string of the molecule is CN1C(=O)c2ccc(-c3c[nH]c4c(Cl)cccc34)nc2C1(C)C. The highest BCUT2D eigenvalue weighted by Gasteiger charge is 2.42. The molecule has 0 saturated heterocycles. The Balaban J connectivity index is 1.94. The first-order chi connectivity index (χ1) is 10.9. The number of halogens is 1. The number of benzene rings is 1. The Morgan fingerprint density at radius 2 is 1.96 bits per heavy atom. The lowest BCUT2D eigenvalue weighted by Crippen LogP contribution is -2.35. The molecule has 1 aromatic carbocycles. The number of carbonyl (C=O) groups excluding carboxylic acids is 1. The minimum atomic E-state index is -0.411. The Morgan fingerprint density at radius 3 is 2.74 bits per heavy atom. The monoisotopic (exact) mass is 325 g/mol. The van der Waals surface area contributed by atoms with Gasteiger partial charge in [-0.3, -0.25) is 4.79 Å². The van der Waals surface area contributed by atoms with Crippen LogP contribution in [0.25, 0.3) is 22.2 Å². The number of H-pyrrole nitrogens is 1. The van der Waals surface area contributed by atoms with Crippen molar-refractivity contribution < 1.29 is 4.79 Å². The average Bonchev–Trinajstić information content (AvgIpc) is 3.04. The first kappa shape index (κ1) is 14.3. The van der Waals surface area contributed by atoms with Crippen molar-refractivity contribution in [3.63, 3.8) is 0 Å². The van der Waals surface area contributed by atoms with Crippen molar-refractivity contribution in [1.29, 1.82) is 0 Å². The van der Waals surface area contributed by atoms with E-state index in [1.807, 2.05) is 57.4 Å². The lowest BCUT2D eigenvalue weighted by Gasteiger charge is -2.27. The third-order valence-corrected chi connectivity index (χ3v) is 5.10. The molecule has 3 aromatic rings. The molecule has 5 heteroatoms. The summed E-state index contributed by atoms with van der Waals surface area (Å²) in [6, 6.07) is 9.57. The lowest BCUT2D eigenvalue weighted by atomic mass is 9.98. The van der Waals surface area contributed by atoms with Crippen LogP contribution in [-0.2, 0) is 5.54 Å². The maximum Gasteiger partial charge on any atom is 0.256 e. The van der Waals surface area contributed by atoms with Gasteiger partial charge in [0.15, 0.2) is 0 Å². The maximum atomic E-state index is 12.3. The van der Waals surface area contributed by atoms with Crippen molar-refractivity contribution in [3.05, 3.63) is 52.8 Å². The van der Waals surface area contributed by atoms with Gasteiger partial charge in [-0.25, -0.2) is 4.98 Å². The Morgan fingerprint density at radius 1 is 1.17 bits per heavy atom. The molecule has 0 unspecified atom stereocenters. The molecule has 0 fully saturated rings. The van der Waals surface area contributed by atoms with Gasteiger partial charge < -0.3 is 9.88 Å². The van der Waals surface area contributed by atoms with E-state index in [9.17, 15) is 4.79 Å². The van der Waals surface area contributed by atoms with Crippen LogP contribution in [-0.4, -0.2) is 27.8 Å². The molecule has 0 atom stereocenters. The van der Waals surface area contributed by atoms with E-state index in [0.29, 0.717) is 10.6 Å². The van der Waals surface area contributed by atoms with Gasteiger partial charge >= 0.3 is 0 Å². The van der Waals surface area contributed by atoms with Crippen molar-refractivity contribution >= 4 is 28.4 Å². The molecule has 0 radical (unpaired) electrons. The van der Waals surface area contributed by atoms with Gasteiger partial charge in [0.2, 0.25) is 0 Å². The number of hydrogen-bond donors (Lipinski definition) is 1. The van der Waals surface area contributed by atoms with Gasteiger partial charge in [0.05, 0.1) is 33.0 Å². The number of fused-ring (bicyclic) bond motifs is 2. The molecule has 1 amide bonds. The van der Waals surface area contributed by atoms with Crippen LogP contribution in [0.15, 0.2) is 36.5 Å².